The largest absolute Gasteiger partial charge is 0.469 e. The smallest absolute Gasteiger partial charge is 0.310 e. The molecule has 0 fully saturated rings. The molecule has 1 heterocycles. The fraction of sp³-hybridized carbons (Fsp3) is 0.286. The van der Waals surface area contributed by atoms with Crippen molar-refractivity contribution in [2.24, 2.45) is 0 Å². The van der Waals surface area contributed by atoms with Crippen LogP contribution in [0.25, 0.3) is 5.69 Å². The minimum Gasteiger partial charge on any atom is -0.469 e. The SMILES string of the molecule is COC(=O)Cc1c(C)nn(-c2ccccc2F)c1C. The van der Waals surface area contributed by atoms with Gasteiger partial charge in [-0.25, -0.2) is 9.07 Å². The molecule has 1 aromatic carbocycles. The molecule has 5 heteroatoms. The molecule has 0 aliphatic carbocycles. The number of hydrogen-bond acceptors (Lipinski definition) is 3. The van der Waals surface area contributed by atoms with Crippen molar-refractivity contribution in [3.63, 3.8) is 0 Å². The summed E-state index contributed by atoms with van der Waals surface area (Å²) in [5, 5.41) is 4.30. The third kappa shape index (κ3) is 2.50. The van der Waals surface area contributed by atoms with Gasteiger partial charge in [-0.15, -0.1) is 0 Å². The average Bonchev–Trinajstić information content (AvgIpc) is 2.67. The maximum Gasteiger partial charge on any atom is 0.310 e. The van der Waals surface area contributed by atoms with Crippen LogP contribution in [-0.4, -0.2) is 22.9 Å². The van der Waals surface area contributed by atoms with Crippen molar-refractivity contribution >= 4 is 5.97 Å². The molecule has 2 aromatic rings. The summed E-state index contributed by atoms with van der Waals surface area (Å²) in [4.78, 5) is 11.4. The van der Waals surface area contributed by atoms with Gasteiger partial charge < -0.3 is 4.74 Å². The highest BCUT2D eigenvalue weighted by Gasteiger charge is 2.17. The number of carbonyl (C=O) groups is 1. The molecule has 0 radical (unpaired) electrons. The number of esters is 1. The van der Waals surface area contributed by atoms with Crippen LogP contribution in [0.2, 0.25) is 0 Å². The molecule has 0 bridgehead atoms. The molecule has 0 N–H and O–H groups in total. The van der Waals surface area contributed by atoms with Crippen molar-refractivity contribution in [1.82, 2.24) is 9.78 Å². The van der Waals surface area contributed by atoms with Crippen LogP contribution in [0, 0.1) is 19.7 Å². The van der Waals surface area contributed by atoms with Crippen molar-refractivity contribution in [2.75, 3.05) is 7.11 Å². The zero-order chi connectivity index (χ0) is 14.0. The average molecular weight is 262 g/mol. The Hall–Kier alpha value is -2.17. The molecule has 4 nitrogen and oxygen atoms in total. The zero-order valence-corrected chi connectivity index (χ0v) is 11.1. The van der Waals surface area contributed by atoms with Gasteiger partial charge in [-0.1, -0.05) is 12.1 Å². The molecular formula is C14H15FN2O2. The number of aryl methyl sites for hydroxylation is 1. The van der Waals surface area contributed by atoms with Crippen LogP contribution in [0.3, 0.4) is 0 Å². The Balaban J connectivity index is 2.47. The van der Waals surface area contributed by atoms with E-state index in [9.17, 15) is 9.18 Å². The molecule has 1 aromatic heterocycles. The number of carbonyl (C=O) groups excluding carboxylic acids is 1. The zero-order valence-electron chi connectivity index (χ0n) is 11.1. The second-order valence-corrected chi connectivity index (χ2v) is 4.27. The summed E-state index contributed by atoms with van der Waals surface area (Å²) in [5.74, 6) is -0.683. The number of hydrogen-bond donors (Lipinski definition) is 0. The predicted molar refractivity (Wildman–Crippen MR) is 68.7 cm³/mol. The van der Waals surface area contributed by atoms with Crippen molar-refractivity contribution in [3.8, 4) is 5.69 Å². The number of nitrogens with zero attached hydrogens (tertiary/aromatic N) is 2. The van der Waals surface area contributed by atoms with E-state index in [2.05, 4.69) is 9.84 Å². The van der Waals surface area contributed by atoms with E-state index < -0.39 is 0 Å². The fourth-order valence-corrected chi connectivity index (χ4v) is 2.01. The summed E-state index contributed by atoms with van der Waals surface area (Å²) in [6.45, 7) is 3.60. The van der Waals surface area contributed by atoms with Gasteiger partial charge in [0, 0.05) is 11.3 Å². The highest BCUT2D eigenvalue weighted by molar-refractivity contribution is 5.73. The minimum absolute atomic E-state index is 0.141. The van der Waals surface area contributed by atoms with E-state index in [1.165, 1.54) is 17.9 Å². The molecule has 0 saturated carbocycles. The van der Waals surface area contributed by atoms with E-state index in [4.69, 9.17) is 0 Å². The normalized spacial score (nSPS) is 10.5. The van der Waals surface area contributed by atoms with Gasteiger partial charge in [0.15, 0.2) is 0 Å². The first-order valence-corrected chi connectivity index (χ1v) is 5.91. The van der Waals surface area contributed by atoms with Gasteiger partial charge in [0.25, 0.3) is 0 Å². The van der Waals surface area contributed by atoms with Crippen molar-refractivity contribution < 1.29 is 13.9 Å². The summed E-state index contributed by atoms with van der Waals surface area (Å²) >= 11 is 0. The van der Waals surface area contributed by atoms with Gasteiger partial charge >= 0.3 is 5.97 Å². The Morgan fingerprint density at radius 1 is 1.37 bits per heavy atom. The highest BCUT2D eigenvalue weighted by Crippen LogP contribution is 2.20. The van der Waals surface area contributed by atoms with E-state index >= 15 is 0 Å². The summed E-state index contributed by atoms with van der Waals surface area (Å²) in [6, 6.07) is 6.40. The van der Waals surface area contributed by atoms with Crippen LogP contribution in [0.4, 0.5) is 4.39 Å². The summed E-state index contributed by atoms with van der Waals surface area (Å²) in [5.41, 5.74) is 2.59. The molecule has 0 aliphatic heterocycles. The van der Waals surface area contributed by atoms with Crippen LogP contribution in [-0.2, 0) is 16.0 Å². The number of para-hydroxylation sites is 1. The molecule has 0 unspecified atom stereocenters. The Morgan fingerprint density at radius 2 is 2.05 bits per heavy atom. The molecule has 0 aliphatic rings. The highest BCUT2D eigenvalue weighted by atomic mass is 19.1. The summed E-state index contributed by atoms with van der Waals surface area (Å²) in [6.07, 6.45) is 0.141. The Bertz CT molecular complexity index is 620. The standard InChI is InChI=1S/C14H15FN2O2/c1-9-11(8-14(18)19-3)10(2)17(16-9)13-7-5-4-6-12(13)15/h4-7H,8H2,1-3H3. The maximum absolute atomic E-state index is 13.8. The lowest BCUT2D eigenvalue weighted by molar-refractivity contribution is -0.139. The molecule has 0 spiro atoms. The molecule has 2 rings (SSSR count). The van der Waals surface area contributed by atoms with E-state index in [1.54, 1.807) is 25.1 Å². The lowest BCUT2D eigenvalue weighted by Gasteiger charge is -2.06. The van der Waals surface area contributed by atoms with E-state index in [0.29, 0.717) is 11.4 Å². The van der Waals surface area contributed by atoms with E-state index in [1.807, 2.05) is 6.92 Å². The van der Waals surface area contributed by atoms with Crippen LogP contribution >= 0.6 is 0 Å². The quantitative estimate of drug-likeness (QED) is 0.797. The number of halogens is 1. The number of ether oxygens (including phenoxy) is 1. The van der Waals surface area contributed by atoms with Gasteiger partial charge in [0.05, 0.1) is 19.2 Å². The van der Waals surface area contributed by atoms with Crippen molar-refractivity contribution in [1.29, 1.82) is 0 Å². The molecule has 0 amide bonds. The molecule has 19 heavy (non-hydrogen) atoms. The van der Waals surface area contributed by atoms with Crippen LogP contribution in [0.15, 0.2) is 24.3 Å². The molecular weight excluding hydrogens is 247 g/mol. The first-order chi connectivity index (χ1) is 9.04. The maximum atomic E-state index is 13.8. The monoisotopic (exact) mass is 262 g/mol. The van der Waals surface area contributed by atoms with Gasteiger partial charge in [0.1, 0.15) is 11.5 Å². The van der Waals surface area contributed by atoms with Crippen LogP contribution in [0.5, 0.6) is 0 Å². The van der Waals surface area contributed by atoms with Crippen molar-refractivity contribution in [3.05, 3.63) is 47.0 Å². The van der Waals surface area contributed by atoms with E-state index in [0.717, 1.165) is 11.3 Å². The van der Waals surface area contributed by atoms with Gasteiger partial charge in [-0.05, 0) is 26.0 Å². The summed E-state index contributed by atoms with van der Waals surface area (Å²) < 4.78 is 19.9. The number of benzene rings is 1. The third-order valence-electron chi connectivity index (χ3n) is 3.07. The van der Waals surface area contributed by atoms with E-state index in [-0.39, 0.29) is 18.2 Å². The Kier molecular flexibility index (Phi) is 3.64. The molecule has 0 saturated heterocycles. The molecule has 100 valence electrons. The first kappa shape index (κ1) is 13.3. The lowest BCUT2D eigenvalue weighted by atomic mass is 10.1. The Morgan fingerprint density at radius 3 is 2.68 bits per heavy atom. The van der Waals surface area contributed by atoms with Gasteiger partial charge in [0.2, 0.25) is 0 Å². The first-order valence-electron chi connectivity index (χ1n) is 5.91. The lowest BCUT2D eigenvalue weighted by Crippen LogP contribution is -2.07. The van der Waals surface area contributed by atoms with Crippen molar-refractivity contribution in [2.45, 2.75) is 20.3 Å². The molecule has 0 atom stereocenters. The number of methoxy groups -OCH3 is 1. The third-order valence-corrected chi connectivity index (χ3v) is 3.07. The van der Waals surface area contributed by atoms with Gasteiger partial charge in [-0.2, -0.15) is 5.10 Å². The number of rotatable bonds is 3. The summed E-state index contributed by atoms with van der Waals surface area (Å²) in [7, 11) is 1.34. The van der Waals surface area contributed by atoms with Crippen LogP contribution in [0.1, 0.15) is 17.0 Å². The van der Waals surface area contributed by atoms with Crippen LogP contribution < -0.4 is 0 Å². The Labute approximate surface area is 110 Å². The topological polar surface area (TPSA) is 44.1 Å². The number of aromatic nitrogens is 2. The second kappa shape index (κ2) is 5.22. The second-order valence-electron chi connectivity index (χ2n) is 4.27. The predicted octanol–water partition coefficient (Wildman–Crippen LogP) is 2.34. The minimum atomic E-state index is -0.349. The fourth-order valence-electron chi connectivity index (χ4n) is 2.01. The van der Waals surface area contributed by atoms with Gasteiger partial charge in [-0.3, -0.25) is 4.79 Å².